The molecule has 0 heterocycles. The number of hydrogen-bond acceptors (Lipinski definition) is 6. The Morgan fingerprint density at radius 1 is 1.43 bits per heavy atom. The monoisotopic (exact) mass is 288 g/mol. The van der Waals surface area contributed by atoms with E-state index in [1.165, 1.54) is 18.2 Å². The molecule has 0 N–H and O–H groups in total. The summed E-state index contributed by atoms with van der Waals surface area (Å²) in [5.41, 5.74) is -0.395. The van der Waals surface area contributed by atoms with E-state index < -0.39 is 16.7 Å². The average molecular weight is 288 g/mol. The lowest BCUT2D eigenvalue weighted by Crippen LogP contribution is -2.14. The molecule has 0 atom stereocenters. The Morgan fingerprint density at radius 3 is 2.67 bits per heavy atom. The first-order valence-electron chi connectivity index (χ1n) is 5.97. The molecule has 0 amide bonds. The summed E-state index contributed by atoms with van der Waals surface area (Å²) in [7, 11) is 0. The summed E-state index contributed by atoms with van der Waals surface area (Å²) in [6, 6.07) is 7.52. The second-order valence-corrected chi connectivity index (χ2v) is 3.97. The van der Waals surface area contributed by atoms with E-state index >= 15 is 0 Å². The third-order valence-corrected chi connectivity index (χ3v) is 2.48. The van der Waals surface area contributed by atoms with Gasteiger partial charge in [0.05, 0.1) is 23.0 Å². The first-order valence-corrected chi connectivity index (χ1v) is 5.97. The molecule has 7 nitrogen and oxygen atoms in total. The molecule has 7 heteroatoms. The SMILES string of the molecule is CC(=O)/C(=C/c1ccccc1[N+](=O)[O-])C(=O)OCCC#N. The van der Waals surface area contributed by atoms with Crippen molar-refractivity contribution in [3.8, 4) is 6.07 Å². The fourth-order valence-electron chi connectivity index (χ4n) is 1.50. The van der Waals surface area contributed by atoms with Gasteiger partial charge in [-0.1, -0.05) is 12.1 Å². The highest BCUT2D eigenvalue weighted by Gasteiger charge is 2.19. The van der Waals surface area contributed by atoms with Crippen LogP contribution in [-0.2, 0) is 14.3 Å². The van der Waals surface area contributed by atoms with E-state index in [0.29, 0.717) is 0 Å². The van der Waals surface area contributed by atoms with Gasteiger partial charge in [0.15, 0.2) is 5.78 Å². The number of rotatable bonds is 6. The van der Waals surface area contributed by atoms with E-state index in [9.17, 15) is 19.7 Å². The van der Waals surface area contributed by atoms with Gasteiger partial charge in [-0.25, -0.2) is 4.79 Å². The van der Waals surface area contributed by atoms with E-state index in [1.807, 2.05) is 0 Å². The first kappa shape index (κ1) is 16.0. The molecule has 21 heavy (non-hydrogen) atoms. The highest BCUT2D eigenvalue weighted by molar-refractivity contribution is 6.20. The number of carbonyl (C=O) groups excluding carboxylic acids is 2. The van der Waals surface area contributed by atoms with Crippen molar-refractivity contribution in [3.05, 3.63) is 45.5 Å². The van der Waals surface area contributed by atoms with Crippen LogP contribution in [0, 0.1) is 21.4 Å². The molecular weight excluding hydrogens is 276 g/mol. The number of nitrogens with zero attached hydrogens (tertiary/aromatic N) is 2. The zero-order chi connectivity index (χ0) is 15.8. The van der Waals surface area contributed by atoms with E-state index in [0.717, 1.165) is 13.0 Å². The Hall–Kier alpha value is -3.01. The maximum Gasteiger partial charge on any atom is 0.341 e. The van der Waals surface area contributed by atoms with E-state index in [2.05, 4.69) is 0 Å². The number of nitriles is 1. The lowest BCUT2D eigenvalue weighted by Gasteiger charge is -2.04. The summed E-state index contributed by atoms with van der Waals surface area (Å²) < 4.78 is 4.76. The summed E-state index contributed by atoms with van der Waals surface area (Å²) in [4.78, 5) is 33.5. The molecule has 1 aromatic rings. The summed E-state index contributed by atoms with van der Waals surface area (Å²) in [6.07, 6.45) is 1.12. The summed E-state index contributed by atoms with van der Waals surface area (Å²) in [5.74, 6) is -1.48. The molecule has 0 aromatic heterocycles. The molecule has 0 aliphatic carbocycles. The van der Waals surface area contributed by atoms with Crippen LogP contribution in [0.4, 0.5) is 5.69 Å². The van der Waals surface area contributed by atoms with Crippen LogP contribution in [0.1, 0.15) is 18.9 Å². The number of nitro groups is 1. The van der Waals surface area contributed by atoms with Gasteiger partial charge in [-0.3, -0.25) is 14.9 Å². The van der Waals surface area contributed by atoms with Crippen LogP contribution < -0.4 is 0 Å². The fraction of sp³-hybridized carbons (Fsp3) is 0.214. The van der Waals surface area contributed by atoms with Crippen LogP contribution in [-0.4, -0.2) is 23.3 Å². The Labute approximate surface area is 120 Å². The summed E-state index contributed by atoms with van der Waals surface area (Å²) in [5, 5.41) is 19.3. The zero-order valence-corrected chi connectivity index (χ0v) is 11.2. The van der Waals surface area contributed by atoms with Gasteiger partial charge in [0.1, 0.15) is 12.2 Å². The maximum absolute atomic E-state index is 11.8. The molecule has 0 aliphatic rings. The minimum Gasteiger partial charge on any atom is -0.461 e. The van der Waals surface area contributed by atoms with Gasteiger partial charge in [0, 0.05) is 6.07 Å². The second kappa shape index (κ2) is 7.55. The highest BCUT2D eigenvalue weighted by Crippen LogP contribution is 2.21. The third kappa shape index (κ3) is 4.54. The number of carbonyl (C=O) groups is 2. The molecule has 1 rings (SSSR count). The molecule has 0 radical (unpaired) electrons. The van der Waals surface area contributed by atoms with E-state index in [4.69, 9.17) is 10.00 Å². The molecule has 0 fully saturated rings. The van der Waals surface area contributed by atoms with Gasteiger partial charge < -0.3 is 4.74 Å². The van der Waals surface area contributed by atoms with Crippen molar-refractivity contribution in [1.29, 1.82) is 5.26 Å². The number of para-hydroxylation sites is 1. The normalized spacial score (nSPS) is 10.6. The lowest BCUT2D eigenvalue weighted by atomic mass is 10.1. The number of nitro benzene ring substituents is 1. The van der Waals surface area contributed by atoms with Crippen LogP contribution in [0.5, 0.6) is 0 Å². The van der Waals surface area contributed by atoms with E-state index in [-0.39, 0.29) is 29.9 Å². The first-order chi connectivity index (χ1) is 9.97. The second-order valence-electron chi connectivity index (χ2n) is 3.97. The van der Waals surface area contributed by atoms with Gasteiger partial charge in [-0.05, 0) is 19.1 Å². The number of Topliss-reactive ketones (excluding diaryl/α,β-unsaturated/α-hetero) is 1. The van der Waals surface area contributed by atoms with Crippen molar-refractivity contribution in [2.24, 2.45) is 0 Å². The molecule has 1 aromatic carbocycles. The summed E-state index contributed by atoms with van der Waals surface area (Å²) >= 11 is 0. The number of ketones is 1. The van der Waals surface area contributed by atoms with Crippen LogP contribution in [0.25, 0.3) is 6.08 Å². The zero-order valence-electron chi connectivity index (χ0n) is 11.2. The predicted octanol–water partition coefficient (Wildman–Crippen LogP) is 2.02. The predicted molar refractivity (Wildman–Crippen MR) is 72.9 cm³/mol. The maximum atomic E-state index is 11.8. The molecule has 0 unspecified atom stereocenters. The molecule has 0 saturated heterocycles. The topological polar surface area (TPSA) is 110 Å². The largest absolute Gasteiger partial charge is 0.461 e. The minimum atomic E-state index is -0.907. The number of benzene rings is 1. The fourth-order valence-corrected chi connectivity index (χ4v) is 1.50. The van der Waals surface area contributed by atoms with E-state index in [1.54, 1.807) is 12.1 Å². The number of hydrogen-bond donors (Lipinski definition) is 0. The Morgan fingerprint density at radius 2 is 2.10 bits per heavy atom. The van der Waals surface area contributed by atoms with Gasteiger partial charge in [-0.2, -0.15) is 5.26 Å². The Bertz CT molecular complexity index is 643. The smallest absolute Gasteiger partial charge is 0.341 e. The molecule has 0 aliphatic heterocycles. The van der Waals surface area contributed by atoms with Crippen LogP contribution in [0.3, 0.4) is 0 Å². The van der Waals surface area contributed by atoms with Crippen molar-refractivity contribution >= 4 is 23.5 Å². The Balaban J connectivity index is 3.12. The minimum absolute atomic E-state index is 0.00239. The molecule has 0 saturated carbocycles. The Kier molecular flexibility index (Phi) is 5.77. The van der Waals surface area contributed by atoms with Crippen molar-refractivity contribution in [1.82, 2.24) is 0 Å². The van der Waals surface area contributed by atoms with Crippen molar-refractivity contribution in [3.63, 3.8) is 0 Å². The third-order valence-electron chi connectivity index (χ3n) is 2.48. The van der Waals surface area contributed by atoms with Gasteiger partial charge >= 0.3 is 5.97 Å². The van der Waals surface area contributed by atoms with Crippen LogP contribution >= 0.6 is 0 Å². The molecule has 108 valence electrons. The van der Waals surface area contributed by atoms with Crippen molar-refractivity contribution in [2.75, 3.05) is 6.61 Å². The van der Waals surface area contributed by atoms with Gasteiger partial charge in [0.2, 0.25) is 0 Å². The van der Waals surface area contributed by atoms with Crippen LogP contribution in [0.15, 0.2) is 29.8 Å². The molecular formula is C14H12N2O5. The van der Waals surface area contributed by atoms with Gasteiger partial charge in [0.25, 0.3) is 5.69 Å². The molecule has 0 bridgehead atoms. The van der Waals surface area contributed by atoms with Crippen molar-refractivity contribution < 1.29 is 19.2 Å². The van der Waals surface area contributed by atoms with Gasteiger partial charge in [-0.15, -0.1) is 0 Å². The summed E-state index contributed by atoms with van der Waals surface area (Å²) in [6.45, 7) is 1.02. The average Bonchev–Trinajstić information content (AvgIpc) is 2.44. The number of ether oxygens (including phenoxy) is 1. The standard InChI is InChI=1S/C14H12N2O5/c1-10(17)12(14(18)21-8-4-7-15)9-11-5-2-3-6-13(11)16(19)20/h2-3,5-6,9H,4,8H2,1H3/b12-9-. The van der Waals surface area contributed by atoms with Crippen molar-refractivity contribution in [2.45, 2.75) is 13.3 Å². The molecule has 0 spiro atoms. The van der Waals surface area contributed by atoms with Crippen LogP contribution in [0.2, 0.25) is 0 Å². The quantitative estimate of drug-likeness (QED) is 0.151. The lowest BCUT2D eigenvalue weighted by molar-refractivity contribution is -0.385. The highest BCUT2D eigenvalue weighted by atomic mass is 16.6. The number of esters is 1.